The van der Waals surface area contributed by atoms with Gasteiger partial charge in [0.1, 0.15) is 0 Å². The molecule has 0 saturated heterocycles. The molecule has 2 saturated carbocycles. The Hall–Kier alpha value is -0.690. The van der Waals surface area contributed by atoms with E-state index in [4.69, 9.17) is 5.53 Å². The number of azide groups is 1. The van der Waals surface area contributed by atoms with Crippen molar-refractivity contribution in [3.05, 3.63) is 10.4 Å². The Morgan fingerprint density at radius 2 is 1.67 bits per heavy atom. The minimum Gasteiger partial charge on any atom is -0.0906 e. The third-order valence-electron chi connectivity index (χ3n) is 2.82. The van der Waals surface area contributed by atoms with Gasteiger partial charge in [0.2, 0.25) is 0 Å². The molecule has 0 aromatic rings. The summed E-state index contributed by atoms with van der Waals surface area (Å²) in [7, 11) is 0. The van der Waals surface area contributed by atoms with Gasteiger partial charge in [-0.25, -0.2) is 0 Å². The van der Waals surface area contributed by atoms with Gasteiger partial charge in [0, 0.05) is 11.0 Å². The highest BCUT2D eigenvalue weighted by atomic mass is 15.1. The summed E-state index contributed by atoms with van der Waals surface area (Å²) in [6.07, 6.45) is 7.76. The monoisotopic (exact) mass is 165 g/mol. The average molecular weight is 165 g/mol. The Bertz CT molecular complexity index is 186. The number of rotatable bonds is 5. The lowest BCUT2D eigenvalue weighted by Gasteiger charge is -2.08. The molecule has 2 fully saturated rings. The molecule has 0 amide bonds. The molecular formula is C9H15N3. The van der Waals surface area contributed by atoms with Crippen molar-refractivity contribution in [1.29, 1.82) is 0 Å². The predicted molar refractivity (Wildman–Crippen MR) is 47.6 cm³/mol. The lowest BCUT2D eigenvalue weighted by molar-refractivity contribution is 0.504. The molecule has 3 heteroatoms. The Labute approximate surface area is 72.8 Å². The smallest absolute Gasteiger partial charge is 0.0379 e. The van der Waals surface area contributed by atoms with E-state index < -0.39 is 0 Å². The van der Waals surface area contributed by atoms with E-state index in [2.05, 4.69) is 10.0 Å². The summed E-state index contributed by atoms with van der Waals surface area (Å²) in [5.74, 6) is 1.78. The molecule has 0 aliphatic heterocycles. The highest BCUT2D eigenvalue weighted by molar-refractivity contribution is 4.85. The first kappa shape index (κ1) is 7.93. The molecule has 2 aliphatic rings. The molecule has 0 unspecified atom stereocenters. The fourth-order valence-corrected chi connectivity index (χ4v) is 1.74. The molecule has 0 bridgehead atoms. The first-order valence-electron chi connectivity index (χ1n) is 4.92. The maximum absolute atomic E-state index is 8.36. The highest BCUT2D eigenvalue weighted by Crippen LogP contribution is 2.39. The first-order valence-corrected chi connectivity index (χ1v) is 4.92. The minimum atomic E-state index is 0.315. The molecule has 0 atom stereocenters. The zero-order valence-electron chi connectivity index (χ0n) is 7.32. The zero-order chi connectivity index (χ0) is 8.39. The third-order valence-corrected chi connectivity index (χ3v) is 2.82. The number of nitrogens with zero attached hydrogens (tertiary/aromatic N) is 3. The minimum absolute atomic E-state index is 0.315. The van der Waals surface area contributed by atoms with Crippen LogP contribution in [0.5, 0.6) is 0 Å². The Balaban J connectivity index is 1.77. The number of hydrogen-bond acceptors (Lipinski definition) is 1. The topological polar surface area (TPSA) is 48.8 Å². The van der Waals surface area contributed by atoms with Crippen molar-refractivity contribution < 1.29 is 0 Å². The van der Waals surface area contributed by atoms with Crippen molar-refractivity contribution in [3.63, 3.8) is 0 Å². The molecule has 3 nitrogen and oxygen atoms in total. The van der Waals surface area contributed by atoms with Crippen LogP contribution in [0.4, 0.5) is 0 Å². The summed E-state index contributed by atoms with van der Waals surface area (Å²) in [6, 6.07) is 0.315. The van der Waals surface area contributed by atoms with Gasteiger partial charge in [-0.1, -0.05) is 30.8 Å². The average Bonchev–Trinajstić information content (AvgIpc) is 2.82. The van der Waals surface area contributed by atoms with E-state index in [1.807, 2.05) is 0 Å². The summed E-state index contributed by atoms with van der Waals surface area (Å²) in [6.45, 7) is 0. The zero-order valence-corrected chi connectivity index (χ0v) is 7.32. The van der Waals surface area contributed by atoms with Crippen molar-refractivity contribution in [2.24, 2.45) is 17.0 Å². The molecule has 2 rings (SSSR count). The highest BCUT2D eigenvalue weighted by Gasteiger charge is 2.29. The Morgan fingerprint density at radius 1 is 1.17 bits per heavy atom. The second-order valence-corrected chi connectivity index (χ2v) is 4.22. The van der Waals surface area contributed by atoms with Crippen LogP contribution >= 0.6 is 0 Å². The van der Waals surface area contributed by atoms with Gasteiger partial charge in [0.05, 0.1) is 0 Å². The molecule has 0 N–H and O–H groups in total. The van der Waals surface area contributed by atoms with E-state index >= 15 is 0 Å². The lowest BCUT2D eigenvalue weighted by Crippen LogP contribution is -2.05. The van der Waals surface area contributed by atoms with Crippen LogP contribution in [0.15, 0.2) is 5.11 Å². The van der Waals surface area contributed by atoms with Crippen molar-refractivity contribution >= 4 is 0 Å². The van der Waals surface area contributed by atoms with Crippen LogP contribution in [-0.2, 0) is 0 Å². The van der Waals surface area contributed by atoms with Crippen molar-refractivity contribution in [2.45, 2.75) is 44.6 Å². The van der Waals surface area contributed by atoms with Crippen molar-refractivity contribution in [2.75, 3.05) is 0 Å². The molecular weight excluding hydrogens is 150 g/mol. The normalized spacial score (nSPS) is 22.4. The Kier molecular flexibility index (Phi) is 2.22. The lowest BCUT2D eigenvalue weighted by atomic mass is 10.1. The quantitative estimate of drug-likeness (QED) is 0.341. The van der Waals surface area contributed by atoms with Crippen LogP contribution in [-0.4, -0.2) is 6.04 Å². The fraction of sp³-hybridized carbons (Fsp3) is 1.00. The van der Waals surface area contributed by atoms with Gasteiger partial charge in [0.15, 0.2) is 0 Å². The molecule has 12 heavy (non-hydrogen) atoms. The van der Waals surface area contributed by atoms with Crippen molar-refractivity contribution in [3.8, 4) is 0 Å². The first-order chi connectivity index (χ1) is 5.88. The van der Waals surface area contributed by atoms with Crippen molar-refractivity contribution in [1.82, 2.24) is 0 Å². The standard InChI is InChI=1S/C9H15N3/c10-12-11-9(5-7-1-2-7)6-8-3-4-8/h7-9H,1-6H2. The second kappa shape index (κ2) is 3.36. The maximum atomic E-state index is 8.36. The molecule has 0 heterocycles. The van der Waals surface area contributed by atoms with Crippen LogP contribution in [0.2, 0.25) is 0 Å². The van der Waals surface area contributed by atoms with E-state index in [-0.39, 0.29) is 0 Å². The maximum Gasteiger partial charge on any atom is 0.0379 e. The summed E-state index contributed by atoms with van der Waals surface area (Å²) in [5.41, 5.74) is 8.36. The summed E-state index contributed by atoms with van der Waals surface area (Å²) >= 11 is 0. The van der Waals surface area contributed by atoms with Gasteiger partial charge in [-0.2, -0.15) is 0 Å². The van der Waals surface area contributed by atoms with Gasteiger partial charge in [-0.3, -0.25) is 0 Å². The molecule has 66 valence electrons. The SMILES string of the molecule is [N-]=[N+]=NC(CC1CC1)CC1CC1. The van der Waals surface area contributed by atoms with Gasteiger partial charge >= 0.3 is 0 Å². The third kappa shape index (κ3) is 2.42. The van der Waals surface area contributed by atoms with E-state index in [0.717, 1.165) is 24.7 Å². The van der Waals surface area contributed by atoms with Crippen LogP contribution in [0.25, 0.3) is 10.4 Å². The summed E-state index contributed by atoms with van der Waals surface area (Å²) < 4.78 is 0. The van der Waals surface area contributed by atoms with Crippen LogP contribution in [0.1, 0.15) is 38.5 Å². The molecule has 0 radical (unpaired) electrons. The van der Waals surface area contributed by atoms with Crippen LogP contribution in [0, 0.1) is 11.8 Å². The van der Waals surface area contributed by atoms with Gasteiger partial charge in [-0.15, -0.1) is 0 Å². The van der Waals surface area contributed by atoms with Gasteiger partial charge in [-0.05, 0) is 30.2 Å². The fourth-order valence-electron chi connectivity index (χ4n) is 1.74. The Morgan fingerprint density at radius 3 is 2.00 bits per heavy atom. The molecule has 0 spiro atoms. The van der Waals surface area contributed by atoms with Gasteiger partial charge < -0.3 is 0 Å². The molecule has 0 aromatic heterocycles. The van der Waals surface area contributed by atoms with E-state index in [9.17, 15) is 0 Å². The molecule has 0 aromatic carbocycles. The molecule has 2 aliphatic carbocycles. The van der Waals surface area contributed by atoms with E-state index in [0.29, 0.717) is 6.04 Å². The summed E-state index contributed by atoms with van der Waals surface area (Å²) in [5, 5.41) is 3.86. The van der Waals surface area contributed by atoms with Crippen LogP contribution < -0.4 is 0 Å². The second-order valence-electron chi connectivity index (χ2n) is 4.22. The van der Waals surface area contributed by atoms with Crippen LogP contribution in [0.3, 0.4) is 0 Å². The van der Waals surface area contributed by atoms with E-state index in [1.54, 1.807) is 0 Å². The summed E-state index contributed by atoms with van der Waals surface area (Å²) in [4.78, 5) is 2.92. The largest absolute Gasteiger partial charge is 0.0906 e. The predicted octanol–water partition coefficient (Wildman–Crippen LogP) is 3.27. The number of hydrogen-bond donors (Lipinski definition) is 0. The van der Waals surface area contributed by atoms with Gasteiger partial charge in [0.25, 0.3) is 0 Å². The van der Waals surface area contributed by atoms with E-state index in [1.165, 1.54) is 25.7 Å².